The first-order valence-corrected chi connectivity index (χ1v) is 11.8. The van der Waals surface area contributed by atoms with Crippen molar-refractivity contribution in [2.24, 2.45) is 0 Å². The van der Waals surface area contributed by atoms with E-state index in [1.54, 1.807) is 0 Å². The van der Waals surface area contributed by atoms with Gasteiger partial charge in [0.25, 0.3) is 0 Å². The van der Waals surface area contributed by atoms with Gasteiger partial charge in [-0.1, -0.05) is 42.5 Å². The number of hydrogen-bond donors (Lipinski definition) is 1. The average Bonchev–Trinajstić information content (AvgIpc) is 2.76. The number of alkyl halides is 2. The number of carbonyl (C=O) groups is 1. The van der Waals surface area contributed by atoms with E-state index in [4.69, 9.17) is 4.74 Å². The number of amides is 1. The second kappa shape index (κ2) is 8.92. The predicted octanol–water partition coefficient (Wildman–Crippen LogP) is 2.83. The Balaban J connectivity index is 1.76. The minimum Gasteiger partial charge on any atom is -0.492 e. The van der Waals surface area contributed by atoms with E-state index in [0.29, 0.717) is 5.75 Å². The molecule has 0 spiro atoms. The van der Waals surface area contributed by atoms with Crippen LogP contribution in [0.1, 0.15) is 18.4 Å². The van der Waals surface area contributed by atoms with Crippen LogP contribution in [0.3, 0.4) is 0 Å². The lowest BCUT2D eigenvalue weighted by Crippen LogP contribution is -2.62. The number of halogens is 2. The molecule has 2 aromatic rings. The van der Waals surface area contributed by atoms with Gasteiger partial charge < -0.3 is 9.64 Å². The van der Waals surface area contributed by atoms with E-state index >= 15 is 0 Å². The molecule has 0 aromatic heterocycles. The standard InChI is InChI=1S/C22H24F2N2O4S/c23-14-31(28,29)25-22-18(24)8-10-26-19(22)13-15-4-3-5-16(12-15)17-6-1-2-7-20(17)30-11-9-21(26)27/h1-7,12,18-19,22,25H,8-11,13-14H2/t18-,19-,22-/m0/s1. The highest BCUT2D eigenvalue weighted by Gasteiger charge is 2.42. The van der Waals surface area contributed by atoms with Crippen LogP contribution in [0.4, 0.5) is 8.78 Å². The topological polar surface area (TPSA) is 75.7 Å². The second-order valence-corrected chi connectivity index (χ2v) is 9.51. The number of benzene rings is 2. The third-order valence-corrected chi connectivity index (χ3v) is 6.69. The fourth-order valence-electron chi connectivity index (χ4n) is 4.31. The van der Waals surface area contributed by atoms with Crippen LogP contribution in [-0.2, 0) is 21.2 Å². The van der Waals surface area contributed by atoms with Crippen molar-refractivity contribution < 1.29 is 26.7 Å². The fourth-order valence-corrected chi connectivity index (χ4v) is 5.09. The summed E-state index contributed by atoms with van der Waals surface area (Å²) in [4.78, 5) is 14.5. The summed E-state index contributed by atoms with van der Waals surface area (Å²) >= 11 is 0. The molecule has 2 bridgehead atoms. The molecule has 0 unspecified atom stereocenters. The van der Waals surface area contributed by atoms with E-state index < -0.39 is 34.3 Å². The molecule has 166 valence electrons. The first kappa shape index (κ1) is 21.7. The number of ether oxygens (including phenoxy) is 1. The molecule has 2 heterocycles. The molecular weight excluding hydrogens is 426 g/mol. The van der Waals surface area contributed by atoms with E-state index in [0.717, 1.165) is 16.7 Å². The van der Waals surface area contributed by atoms with Gasteiger partial charge >= 0.3 is 0 Å². The van der Waals surface area contributed by atoms with Crippen LogP contribution >= 0.6 is 0 Å². The third kappa shape index (κ3) is 4.72. The molecule has 2 aromatic carbocycles. The van der Waals surface area contributed by atoms with Gasteiger partial charge in [-0.3, -0.25) is 4.79 Å². The van der Waals surface area contributed by atoms with Crippen molar-refractivity contribution in [1.82, 2.24) is 9.62 Å². The zero-order valence-electron chi connectivity index (χ0n) is 16.8. The maximum absolute atomic E-state index is 14.8. The Hall–Kier alpha value is -2.52. The summed E-state index contributed by atoms with van der Waals surface area (Å²) in [6.07, 6.45) is -1.24. The number of piperidine rings is 1. The van der Waals surface area contributed by atoms with Gasteiger partial charge in [-0.25, -0.2) is 21.9 Å². The molecule has 1 N–H and O–H groups in total. The number of carbonyl (C=O) groups excluding carboxylic acids is 1. The SMILES string of the molecule is O=C1CCOc2ccccc2-c2cccc(c2)C[C@H]2[C@@H](NS(=O)(=O)CF)[C@@H](F)CCN12. The predicted molar refractivity (Wildman–Crippen MR) is 113 cm³/mol. The summed E-state index contributed by atoms with van der Waals surface area (Å²) in [7, 11) is -4.30. The lowest BCUT2D eigenvalue weighted by Gasteiger charge is -2.43. The Morgan fingerprint density at radius 2 is 1.97 bits per heavy atom. The van der Waals surface area contributed by atoms with Gasteiger partial charge in [0.1, 0.15) is 11.9 Å². The highest BCUT2D eigenvalue weighted by atomic mass is 32.2. The molecule has 2 aliphatic rings. The Morgan fingerprint density at radius 1 is 1.16 bits per heavy atom. The third-order valence-electron chi connectivity index (χ3n) is 5.77. The minimum atomic E-state index is -4.30. The highest BCUT2D eigenvalue weighted by Crippen LogP contribution is 2.32. The number of para-hydroxylation sites is 1. The van der Waals surface area contributed by atoms with Gasteiger partial charge in [-0.2, -0.15) is 0 Å². The van der Waals surface area contributed by atoms with Crippen molar-refractivity contribution in [2.75, 3.05) is 19.2 Å². The molecule has 1 amide bonds. The molecule has 2 aliphatic heterocycles. The molecular formula is C22H24F2N2O4S. The summed E-state index contributed by atoms with van der Waals surface area (Å²) in [6.45, 7) is 0.299. The van der Waals surface area contributed by atoms with Crippen LogP contribution in [0.2, 0.25) is 0 Å². The van der Waals surface area contributed by atoms with Crippen LogP contribution in [0.25, 0.3) is 11.1 Å². The first-order valence-electron chi connectivity index (χ1n) is 10.2. The first-order chi connectivity index (χ1) is 14.9. The maximum Gasteiger partial charge on any atom is 0.241 e. The number of rotatable bonds is 3. The van der Waals surface area contributed by atoms with Gasteiger partial charge in [0.15, 0.2) is 0 Å². The molecule has 4 rings (SSSR count). The normalized spacial score (nSPS) is 24.3. The molecule has 6 nitrogen and oxygen atoms in total. The summed E-state index contributed by atoms with van der Waals surface area (Å²) in [5.41, 5.74) is 2.59. The zero-order chi connectivity index (χ0) is 22.0. The van der Waals surface area contributed by atoms with Gasteiger partial charge in [0, 0.05) is 12.1 Å². The van der Waals surface area contributed by atoms with Crippen molar-refractivity contribution >= 4 is 15.9 Å². The van der Waals surface area contributed by atoms with E-state index in [1.807, 2.05) is 48.5 Å². The minimum absolute atomic E-state index is 0.0224. The molecule has 0 aliphatic carbocycles. The summed E-state index contributed by atoms with van der Waals surface area (Å²) in [5.74, 6) is 0.413. The van der Waals surface area contributed by atoms with Gasteiger partial charge in [-0.15, -0.1) is 0 Å². The Morgan fingerprint density at radius 3 is 2.77 bits per heavy atom. The molecule has 1 fully saturated rings. The van der Waals surface area contributed by atoms with Crippen molar-refractivity contribution in [1.29, 1.82) is 0 Å². The lowest BCUT2D eigenvalue weighted by molar-refractivity contribution is -0.137. The second-order valence-electron chi connectivity index (χ2n) is 7.83. The molecule has 9 heteroatoms. The van der Waals surface area contributed by atoms with Gasteiger partial charge in [0.05, 0.1) is 25.1 Å². The number of nitrogens with one attached hydrogen (secondary N) is 1. The zero-order valence-corrected chi connectivity index (χ0v) is 17.7. The van der Waals surface area contributed by atoms with E-state index in [-0.39, 0.29) is 38.3 Å². The Labute approximate surface area is 180 Å². The Bertz CT molecular complexity index is 1060. The summed E-state index contributed by atoms with van der Waals surface area (Å²) in [6, 6.07) is 11.4. The van der Waals surface area contributed by atoms with Crippen LogP contribution < -0.4 is 9.46 Å². The molecule has 0 radical (unpaired) electrons. The van der Waals surface area contributed by atoms with Crippen molar-refractivity contribution in [3.63, 3.8) is 0 Å². The largest absolute Gasteiger partial charge is 0.492 e. The number of nitrogens with zero attached hydrogens (tertiary/aromatic N) is 1. The summed E-state index contributed by atoms with van der Waals surface area (Å²) in [5, 5.41) is 0. The number of hydrogen-bond acceptors (Lipinski definition) is 4. The van der Waals surface area contributed by atoms with Crippen molar-refractivity contribution in [3.05, 3.63) is 54.1 Å². The molecule has 0 saturated carbocycles. The highest BCUT2D eigenvalue weighted by molar-refractivity contribution is 7.89. The quantitative estimate of drug-likeness (QED) is 0.780. The molecule has 31 heavy (non-hydrogen) atoms. The smallest absolute Gasteiger partial charge is 0.241 e. The average molecular weight is 451 g/mol. The van der Waals surface area contributed by atoms with Crippen LogP contribution in [0.5, 0.6) is 5.75 Å². The number of sulfonamides is 1. The van der Waals surface area contributed by atoms with Crippen molar-refractivity contribution in [3.8, 4) is 16.9 Å². The van der Waals surface area contributed by atoms with Crippen molar-refractivity contribution in [2.45, 2.75) is 37.5 Å². The van der Waals surface area contributed by atoms with E-state index in [1.165, 1.54) is 4.90 Å². The van der Waals surface area contributed by atoms with Gasteiger partial charge in [-0.05, 0) is 30.0 Å². The fraction of sp³-hybridized carbons (Fsp3) is 0.409. The van der Waals surface area contributed by atoms with E-state index in [9.17, 15) is 22.0 Å². The summed E-state index contributed by atoms with van der Waals surface area (Å²) < 4.78 is 59.6. The van der Waals surface area contributed by atoms with Crippen LogP contribution in [-0.4, -0.2) is 56.6 Å². The van der Waals surface area contributed by atoms with Crippen LogP contribution in [0.15, 0.2) is 48.5 Å². The maximum atomic E-state index is 14.8. The monoisotopic (exact) mass is 450 g/mol. The Kier molecular flexibility index (Phi) is 6.24. The van der Waals surface area contributed by atoms with E-state index in [2.05, 4.69) is 4.72 Å². The van der Waals surface area contributed by atoms with Crippen LogP contribution in [0, 0.1) is 0 Å². The lowest BCUT2D eigenvalue weighted by atomic mass is 9.89. The van der Waals surface area contributed by atoms with Gasteiger partial charge in [0.2, 0.25) is 21.9 Å². The molecule has 3 atom stereocenters. The molecule has 1 saturated heterocycles. The number of fused-ring (bicyclic) bond motifs is 5.